The van der Waals surface area contributed by atoms with Crippen LogP contribution in [0, 0.1) is 6.92 Å². The first kappa shape index (κ1) is 16.5. The zero-order chi connectivity index (χ0) is 18.1. The van der Waals surface area contributed by atoms with Crippen LogP contribution in [-0.4, -0.2) is 56.6 Å². The molecule has 0 N–H and O–H groups in total. The van der Waals surface area contributed by atoms with Gasteiger partial charge >= 0.3 is 0 Å². The first-order chi connectivity index (χ1) is 12.7. The van der Waals surface area contributed by atoms with Crippen LogP contribution in [0.25, 0.3) is 5.78 Å². The number of nitrogens with zero attached hydrogens (tertiary/aromatic N) is 6. The first-order valence-corrected chi connectivity index (χ1v) is 8.96. The number of aromatic nitrogens is 4. The number of aryl methyl sites for hydroxylation is 2. The molecule has 26 heavy (non-hydrogen) atoms. The Morgan fingerprint density at radius 2 is 1.85 bits per heavy atom. The van der Waals surface area contributed by atoms with Gasteiger partial charge < -0.3 is 9.80 Å². The highest BCUT2D eigenvalue weighted by Crippen LogP contribution is 2.19. The number of fused-ring (bicyclic) bond motifs is 1. The van der Waals surface area contributed by atoms with E-state index in [4.69, 9.17) is 0 Å². The topological polar surface area (TPSA) is 66.6 Å². The minimum atomic E-state index is 0.101. The van der Waals surface area contributed by atoms with E-state index in [1.54, 1.807) is 4.52 Å². The molecular weight excluding hydrogens is 328 g/mol. The molecule has 1 amide bonds. The van der Waals surface area contributed by atoms with Crippen LogP contribution in [0.4, 0.5) is 5.82 Å². The van der Waals surface area contributed by atoms with Crippen molar-refractivity contribution in [2.45, 2.75) is 20.3 Å². The molecule has 0 spiro atoms. The van der Waals surface area contributed by atoms with Gasteiger partial charge in [-0.05, 0) is 31.0 Å². The predicted molar refractivity (Wildman–Crippen MR) is 99.5 cm³/mol. The smallest absolute Gasteiger partial charge is 0.254 e. The minimum absolute atomic E-state index is 0.101. The van der Waals surface area contributed by atoms with Crippen LogP contribution in [-0.2, 0) is 6.42 Å². The van der Waals surface area contributed by atoms with Crippen LogP contribution in [0.1, 0.15) is 28.5 Å². The fourth-order valence-corrected chi connectivity index (χ4v) is 3.34. The summed E-state index contributed by atoms with van der Waals surface area (Å²) < 4.78 is 1.76. The Labute approximate surface area is 152 Å². The molecule has 3 heterocycles. The zero-order valence-corrected chi connectivity index (χ0v) is 15.1. The number of benzene rings is 1. The molecule has 1 fully saturated rings. The van der Waals surface area contributed by atoms with E-state index < -0.39 is 0 Å². The number of anilines is 1. The second-order valence-corrected chi connectivity index (χ2v) is 6.56. The normalized spacial score (nSPS) is 14.8. The van der Waals surface area contributed by atoms with E-state index >= 15 is 0 Å². The third kappa shape index (κ3) is 3.00. The average Bonchev–Trinajstić information content (AvgIpc) is 3.15. The van der Waals surface area contributed by atoms with Crippen molar-refractivity contribution < 1.29 is 4.79 Å². The van der Waals surface area contributed by atoms with Crippen molar-refractivity contribution in [3.63, 3.8) is 0 Å². The van der Waals surface area contributed by atoms with E-state index in [1.165, 1.54) is 11.9 Å². The van der Waals surface area contributed by atoms with Gasteiger partial charge in [-0.2, -0.15) is 14.6 Å². The summed E-state index contributed by atoms with van der Waals surface area (Å²) in [5, 5.41) is 4.27. The summed E-state index contributed by atoms with van der Waals surface area (Å²) in [5.74, 6) is 1.68. The molecule has 0 bridgehead atoms. The number of rotatable bonds is 3. The summed E-state index contributed by atoms with van der Waals surface area (Å²) in [6.07, 6.45) is 2.50. The Kier molecular flexibility index (Phi) is 4.28. The van der Waals surface area contributed by atoms with Gasteiger partial charge in [0.05, 0.1) is 0 Å². The van der Waals surface area contributed by atoms with Gasteiger partial charge in [-0.1, -0.05) is 19.1 Å². The van der Waals surface area contributed by atoms with Crippen LogP contribution in [0.15, 0.2) is 36.7 Å². The molecule has 7 nitrogen and oxygen atoms in total. The lowest BCUT2D eigenvalue weighted by molar-refractivity contribution is 0.0746. The Hall–Kier alpha value is -2.96. The molecule has 4 rings (SSSR count). The van der Waals surface area contributed by atoms with Gasteiger partial charge in [0, 0.05) is 43.5 Å². The number of hydrogen-bond donors (Lipinski definition) is 0. The van der Waals surface area contributed by atoms with E-state index in [9.17, 15) is 4.79 Å². The number of piperazine rings is 1. The third-order valence-corrected chi connectivity index (χ3v) is 4.86. The van der Waals surface area contributed by atoms with E-state index in [2.05, 4.69) is 26.9 Å². The number of amides is 1. The van der Waals surface area contributed by atoms with E-state index in [1.807, 2.05) is 42.2 Å². The SMILES string of the molecule is CCc1ccc(C(=O)N2CCN(c3cc(C)nc4ncnn34)CC2)cc1. The highest BCUT2D eigenvalue weighted by atomic mass is 16.2. The molecule has 0 radical (unpaired) electrons. The van der Waals surface area contributed by atoms with Gasteiger partial charge in [0.1, 0.15) is 12.1 Å². The van der Waals surface area contributed by atoms with Crippen molar-refractivity contribution >= 4 is 17.5 Å². The van der Waals surface area contributed by atoms with Crippen LogP contribution < -0.4 is 4.90 Å². The van der Waals surface area contributed by atoms with Crippen molar-refractivity contribution in [3.05, 3.63) is 53.5 Å². The van der Waals surface area contributed by atoms with E-state index in [0.29, 0.717) is 18.9 Å². The Balaban J connectivity index is 1.48. The van der Waals surface area contributed by atoms with Crippen LogP contribution in [0.3, 0.4) is 0 Å². The lowest BCUT2D eigenvalue weighted by Crippen LogP contribution is -2.49. The lowest BCUT2D eigenvalue weighted by Gasteiger charge is -2.36. The Morgan fingerprint density at radius 1 is 1.12 bits per heavy atom. The molecule has 0 aliphatic carbocycles. The maximum absolute atomic E-state index is 12.7. The number of hydrogen-bond acceptors (Lipinski definition) is 5. The maximum atomic E-state index is 12.7. The van der Waals surface area contributed by atoms with Gasteiger partial charge in [-0.25, -0.2) is 4.98 Å². The van der Waals surface area contributed by atoms with Gasteiger partial charge in [-0.15, -0.1) is 0 Å². The van der Waals surface area contributed by atoms with E-state index in [0.717, 1.165) is 36.6 Å². The van der Waals surface area contributed by atoms with Gasteiger partial charge in [0.15, 0.2) is 0 Å². The molecule has 7 heteroatoms. The molecular formula is C19H22N6O. The van der Waals surface area contributed by atoms with Crippen molar-refractivity contribution in [2.24, 2.45) is 0 Å². The minimum Gasteiger partial charge on any atom is -0.353 e. The van der Waals surface area contributed by atoms with Gasteiger partial charge in [-0.3, -0.25) is 4.79 Å². The molecule has 0 unspecified atom stereocenters. The van der Waals surface area contributed by atoms with Crippen LogP contribution >= 0.6 is 0 Å². The summed E-state index contributed by atoms with van der Waals surface area (Å²) in [5.41, 5.74) is 2.92. The average molecular weight is 350 g/mol. The summed E-state index contributed by atoms with van der Waals surface area (Å²) in [6.45, 7) is 6.97. The molecule has 134 valence electrons. The zero-order valence-electron chi connectivity index (χ0n) is 15.1. The molecule has 1 aromatic carbocycles. The maximum Gasteiger partial charge on any atom is 0.254 e. The summed E-state index contributed by atoms with van der Waals surface area (Å²) in [7, 11) is 0. The molecule has 1 aliphatic heterocycles. The quantitative estimate of drug-likeness (QED) is 0.722. The van der Waals surface area contributed by atoms with E-state index in [-0.39, 0.29) is 5.91 Å². The fraction of sp³-hybridized carbons (Fsp3) is 0.368. The Morgan fingerprint density at radius 3 is 2.54 bits per heavy atom. The predicted octanol–water partition coefficient (Wildman–Crippen LogP) is 1.96. The number of carbonyl (C=O) groups is 1. The molecule has 2 aromatic heterocycles. The molecule has 1 saturated heterocycles. The second-order valence-electron chi connectivity index (χ2n) is 6.56. The highest BCUT2D eigenvalue weighted by molar-refractivity contribution is 5.94. The molecule has 3 aromatic rings. The lowest BCUT2D eigenvalue weighted by atomic mass is 10.1. The number of carbonyl (C=O) groups excluding carboxylic acids is 1. The first-order valence-electron chi connectivity index (χ1n) is 8.96. The standard InChI is InChI=1S/C19H22N6O/c1-3-15-4-6-16(7-5-15)18(26)24-10-8-23(9-11-24)17-12-14(2)22-19-20-13-21-25(17)19/h4-7,12-13H,3,8-11H2,1-2H3. The largest absolute Gasteiger partial charge is 0.353 e. The second kappa shape index (κ2) is 6.74. The molecule has 0 atom stereocenters. The van der Waals surface area contributed by atoms with Crippen LogP contribution in [0.5, 0.6) is 0 Å². The van der Waals surface area contributed by atoms with Crippen LogP contribution in [0.2, 0.25) is 0 Å². The fourth-order valence-electron chi connectivity index (χ4n) is 3.34. The van der Waals surface area contributed by atoms with Crippen molar-refractivity contribution in [1.82, 2.24) is 24.5 Å². The summed E-state index contributed by atoms with van der Waals surface area (Å²) in [4.78, 5) is 25.5. The summed E-state index contributed by atoms with van der Waals surface area (Å²) >= 11 is 0. The van der Waals surface area contributed by atoms with Crippen molar-refractivity contribution in [1.29, 1.82) is 0 Å². The van der Waals surface area contributed by atoms with Gasteiger partial charge in [0.25, 0.3) is 11.7 Å². The molecule has 1 aliphatic rings. The van der Waals surface area contributed by atoms with Crippen molar-refractivity contribution in [2.75, 3.05) is 31.1 Å². The molecule has 0 saturated carbocycles. The third-order valence-electron chi connectivity index (χ3n) is 4.86. The summed E-state index contributed by atoms with van der Waals surface area (Å²) in [6, 6.07) is 9.94. The highest BCUT2D eigenvalue weighted by Gasteiger charge is 2.24. The van der Waals surface area contributed by atoms with Gasteiger partial charge in [0.2, 0.25) is 0 Å². The van der Waals surface area contributed by atoms with Crippen molar-refractivity contribution in [3.8, 4) is 0 Å². The monoisotopic (exact) mass is 350 g/mol. The Bertz CT molecular complexity index is 925.